The number of nitrogens with zero attached hydrogens (tertiary/aromatic N) is 2. The topological polar surface area (TPSA) is 204 Å². The van der Waals surface area contributed by atoms with Gasteiger partial charge in [0.05, 0.1) is 11.2 Å². The third kappa shape index (κ3) is 5.93. The number of ether oxygens (including phenoxy) is 1. The Kier molecular flexibility index (Phi) is 6.22. The number of rotatable bonds is 6. The SMILES string of the molecule is Nc1cc(Br)n([C@H]2C[C@H](OP(=O)(O)O)[C@@H](COP(=O)(O)O)O2)c(=O)n1. The van der Waals surface area contributed by atoms with Crippen molar-refractivity contribution in [1.29, 1.82) is 0 Å². The summed E-state index contributed by atoms with van der Waals surface area (Å²) in [6.45, 7) is -0.722. The molecule has 3 atom stereocenters. The zero-order valence-corrected chi connectivity index (χ0v) is 15.6. The molecule has 0 aromatic carbocycles. The van der Waals surface area contributed by atoms with Gasteiger partial charge >= 0.3 is 21.3 Å². The van der Waals surface area contributed by atoms with Crippen molar-refractivity contribution in [3.63, 3.8) is 0 Å². The van der Waals surface area contributed by atoms with Crippen LogP contribution in [-0.2, 0) is 22.9 Å². The lowest BCUT2D eigenvalue weighted by Crippen LogP contribution is -2.29. The van der Waals surface area contributed by atoms with E-state index in [2.05, 4.69) is 30.0 Å². The van der Waals surface area contributed by atoms with E-state index < -0.39 is 46.4 Å². The van der Waals surface area contributed by atoms with Crippen molar-refractivity contribution < 1.29 is 42.5 Å². The first-order valence-corrected chi connectivity index (χ1v) is 10.3. The molecular weight excluding hydrogens is 452 g/mol. The van der Waals surface area contributed by atoms with E-state index in [-0.39, 0.29) is 16.8 Å². The number of hydrogen-bond donors (Lipinski definition) is 5. The van der Waals surface area contributed by atoms with Crippen LogP contribution in [0.4, 0.5) is 5.82 Å². The number of anilines is 1. The molecule has 0 aliphatic carbocycles. The van der Waals surface area contributed by atoms with Crippen LogP contribution in [0.3, 0.4) is 0 Å². The highest BCUT2D eigenvalue weighted by Crippen LogP contribution is 2.45. The highest BCUT2D eigenvalue weighted by molar-refractivity contribution is 9.10. The summed E-state index contributed by atoms with van der Waals surface area (Å²) in [5, 5.41) is 0. The second-order valence-corrected chi connectivity index (χ2v) is 8.19. The molecule has 0 amide bonds. The van der Waals surface area contributed by atoms with Gasteiger partial charge in [-0.15, -0.1) is 0 Å². The first-order valence-electron chi connectivity index (χ1n) is 6.50. The molecule has 1 fully saturated rings. The Morgan fingerprint density at radius 1 is 1.36 bits per heavy atom. The Morgan fingerprint density at radius 2 is 2.00 bits per heavy atom. The lowest BCUT2D eigenvalue weighted by atomic mass is 10.2. The van der Waals surface area contributed by atoms with E-state index in [0.717, 1.165) is 4.57 Å². The molecule has 1 saturated heterocycles. The zero-order valence-electron chi connectivity index (χ0n) is 12.2. The molecule has 0 radical (unpaired) electrons. The van der Waals surface area contributed by atoms with Crippen molar-refractivity contribution in [3.05, 3.63) is 21.2 Å². The summed E-state index contributed by atoms with van der Waals surface area (Å²) in [5.74, 6) is -0.0597. The largest absolute Gasteiger partial charge is 0.469 e. The smallest absolute Gasteiger partial charge is 0.383 e. The Bertz CT molecular complexity index is 790. The molecule has 1 aromatic heterocycles. The van der Waals surface area contributed by atoms with Crippen LogP contribution < -0.4 is 11.4 Å². The van der Waals surface area contributed by atoms with Gasteiger partial charge in [0.2, 0.25) is 0 Å². The van der Waals surface area contributed by atoms with E-state index in [0.29, 0.717) is 0 Å². The fourth-order valence-electron chi connectivity index (χ4n) is 2.21. The standard InChI is InChI=1S/C9H14BrN3O10P2/c10-6-2-7(11)12-9(14)13(6)8-1-4(23-25(18,19)20)5(22-8)3-21-24(15,16)17/h2,4-5,8H,1,3H2,(H2,11,12,14)(H2,15,16,17)(H2,18,19,20)/t4-,5+,8+/m0/s1. The van der Waals surface area contributed by atoms with Crippen LogP contribution in [0.1, 0.15) is 12.6 Å². The summed E-state index contributed by atoms with van der Waals surface area (Å²) < 4.78 is 37.3. The maximum atomic E-state index is 12.0. The molecule has 1 aliphatic rings. The number of nitrogen functional groups attached to an aromatic ring is 1. The van der Waals surface area contributed by atoms with Crippen molar-refractivity contribution in [2.45, 2.75) is 24.9 Å². The van der Waals surface area contributed by atoms with Gasteiger partial charge < -0.3 is 30.0 Å². The van der Waals surface area contributed by atoms with E-state index in [9.17, 15) is 13.9 Å². The van der Waals surface area contributed by atoms with Gasteiger partial charge in [-0.05, 0) is 15.9 Å². The molecular formula is C9H14BrN3O10P2. The van der Waals surface area contributed by atoms with E-state index in [4.69, 9.17) is 30.0 Å². The molecule has 142 valence electrons. The second-order valence-electron chi connectivity index (χ2n) is 4.94. The summed E-state index contributed by atoms with van der Waals surface area (Å²) in [4.78, 5) is 50.9. The lowest BCUT2D eigenvalue weighted by molar-refractivity contribution is -0.0451. The minimum Gasteiger partial charge on any atom is -0.383 e. The molecule has 2 heterocycles. The van der Waals surface area contributed by atoms with Gasteiger partial charge in [0.15, 0.2) is 0 Å². The Labute approximate surface area is 148 Å². The predicted octanol–water partition coefficient (Wildman–Crippen LogP) is -0.537. The van der Waals surface area contributed by atoms with Gasteiger partial charge in [0.25, 0.3) is 0 Å². The maximum Gasteiger partial charge on any atom is 0.469 e. The second kappa shape index (κ2) is 7.53. The van der Waals surface area contributed by atoms with Gasteiger partial charge in [-0.2, -0.15) is 4.98 Å². The van der Waals surface area contributed by atoms with E-state index in [1.54, 1.807) is 0 Å². The molecule has 6 N–H and O–H groups in total. The number of phosphoric ester groups is 2. The molecule has 1 aliphatic heterocycles. The van der Waals surface area contributed by atoms with Crippen molar-refractivity contribution in [2.75, 3.05) is 12.3 Å². The van der Waals surface area contributed by atoms with Crippen LogP contribution in [0, 0.1) is 0 Å². The average molecular weight is 466 g/mol. The molecule has 0 bridgehead atoms. The van der Waals surface area contributed by atoms with Gasteiger partial charge in [-0.25, -0.2) is 13.9 Å². The van der Waals surface area contributed by atoms with Crippen LogP contribution in [-0.4, -0.2) is 47.9 Å². The molecule has 16 heteroatoms. The average Bonchev–Trinajstić information content (AvgIpc) is 2.74. The fourth-order valence-corrected chi connectivity index (χ4v) is 3.74. The normalized spacial score (nSPS) is 24.6. The number of phosphoric acid groups is 2. The van der Waals surface area contributed by atoms with Crippen LogP contribution in [0.25, 0.3) is 0 Å². The van der Waals surface area contributed by atoms with Gasteiger partial charge in [-0.1, -0.05) is 0 Å². The summed E-state index contributed by atoms with van der Waals surface area (Å²) in [5.41, 5.74) is 4.63. The Hall–Kier alpha value is -0.660. The molecule has 13 nitrogen and oxygen atoms in total. The number of hydrogen-bond acceptors (Lipinski definition) is 8. The molecule has 25 heavy (non-hydrogen) atoms. The number of aromatic nitrogens is 2. The molecule has 1 aromatic rings. The van der Waals surface area contributed by atoms with Crippen LogP contribution in [0.2, 0.25) is 0 Å². The minimum atomic E-state index is -4.93. The molecule has 0 saturated carbocycles. The van der Waals surface area contributed by atoms with Crippen molar-refractivity contribution in [1.82, 2.24) is 9.55 Å². The van der Waals surface area contributed by atoms with Gasteiger partial charge in [0.1, 0.15) is 24.3 Å². The third-order valence-corrected chi connectivity index (χ3v) is 4.72. The van der Waals surface area contributed by atoms with E-state index >= 15 is 0 Å². The van der Waals surface area contributed by atoms with Crippen molar-refractivity contribution >= 4 is 37.4 Å². The number of nitrogens with two attached hydrogens (primary N) is 1. The van der Waals surface area contributed by atoms with Crippen LogP contribution >= 0.6 is 31.6 Å². The third-order valence-electron chi connectivity index (χ3n) is 3.08. The monoisotopic (exact) mass is 465 g/mol. The van der Waals surface area contributed by atoms with E-state index in [1.165, 1.54) is 6.07 Å². The Balaban J connectivity index is 2.27. The first kappa shape index (κ1) is 20.6. The summed E-state index contributed by atoms with van der Waals surface area (Å²) in [7, 11) is -9.78. The van der Waals surface area contributed by atoms with Crippen molar-refractivity contribution in [2.24, 2.45) is 0 Å². The van der Waals surface area contributed by atoms with Crippen molar-refractivity contribution in [3.8, 4) is 0 Å². The summed E-state index contributed by atoms with van der Waals surface area (Å²) >= 11 is 3.09. The zero-order chi connectivity index (χ0) is 19.0. The summed E-state index contributed by atoms with van der Waals surface area (Å²) in [6.07, 6.45) is -3.86. The molecule has 2 rings (SSSR count). The maximum absolute atomic E-state index is 12.0. The van der Waals surface area contributed by atoms with E-state index in [1.807, 2.05) is 0 Å². The quantitative estimate of drug-likeness (QED) is 0.265. The van der Waals surface area contributed by atoms with Crippen LogP contribution in [0.5, 0.6) is 0 Å². The highest BCUT2D eigenvalue weighted by atomic mass is 79.9. The first-order chi connectivity index (χ1) is 11.4. The highest BCUT2D eigenvalue weighted by Gasteiger charge is 2.42. The predicted molar refractivity (Wildman–Crippen MR) is 84.0 cm³/mol. The lowest BCUT2D eigenvalue weighted by Gasteiger charge is -2.19. The number of halogens is 1. The van der Waals surface area contributed by atoms with Crippen LogP contribution in [0.15, 0.2) is 15.5 Å². The minimum absolute atomic E-state index is 0.0597. The fraction of sp³-hybridized carbons (Fsp3) is 0.556. The van der Waals surface area contributed by atoms with Gasteiger partial charge in [0, 0.05) is 12.5 Å². The summed E-state index contributed by atoms with van der Waals surface area (Å²) in [6, 6.07) is 1.31. The molecule has 0 spiro atoms. The van der Waals surface area contributed by atoms with Gasteiger partial charge in [-0.3, -0.25) is 13.6 Å². The molecule has 0 unspecified atom stereocenters. The Morgan fingerprint density at radius 3 is 2.52 bits per heavy atom.